The Kier molecular flexibility index (Phi) is 6.30. The molecule has 2 N–H and O–H groups in total. The van der Waals surface area contributed by atoms with Crippen LogP contribution < -0.4 is 15.2 Å². The number of fused-ring (bicyclic) bond motifs is 1. The fourth-order valence-corrected chi connectivity index (χ4v) is 3.94. The van der Waals surface area contributed by atoms with Gasteiger partial charge >= 0.3 is 0 Å². The SMILES string of the molecule is Cc1ccc(-c2nc(CSC(N)=Nc3ccc4c(c3)OCCO4)cs2)o1.Cl. The number of amidine groups is 1. The van der Waals surface area contributed by atoms with E-state index in [1.165, 1.54) is 11.8 Å². The van der Waals surface area contributed by atoms with Gasteiger partial charge in [-0.1, -0.05) is 11.8 Å². The number of hydrogen-bond acceptors (Lipinski definition) is 7. The molecule has 142 valence electrons. The van der Waals surface area contributed by atoms with E-state index in [0.29, 0.717) is 29.9 Å². The summed E-state index contributed by atoms with van der Waals surface area (Å²) >= 11 is 3.00. The monoisotopic (exact) mass is 423 g/mol. The predicted molar refractivity (Wildman–Crippen MR) is 112 cm³/mol. The van der Waals surface area contributed by atoms with Crippen molar-refractivity contribution in [1.29, 1.82) is 0 Å². The first-order valence-corrected chi connectivity index (χ1v) is 9.92. The fourth-order valence-electron chi connectivity index (χ4n) is 2.44. The first-order chi connectivity index (χ1) is 12.7. The van der Waals surface area contributed by atoms with E-state index in [9.17, 15) is 0 Å². The summed E-state index contributed by atoms with van der Waals surface area (Å²) in [4.78, 5) is 9.02. The highest BCUT2D eigenvalue weighted by Gasteiger charge is 2.12. The molecule has 0 fully saturated rings. The molecule has 1 aliphatic heterocycles. The van der Waals surface area contributed by atoms with Gasteiger partial charge in [0.05, 0.1) is 11.4 Å². The van der Waals surface area contributed by atoms with E-state index in [1.807, 2.05) is 42.6 Å². The van der Waals surface area contributed by atoms with E-state index in [1.54, 1.807) is 11.3 Å². The second-order valence-electron chi connectivity index (χ2n) is 5.62. The number of rotatable bonds is 4. The zero-order valence-corrected chi connectivity index (χ0v) is 17.0. The predicted octanol–water partition coefficient (Wildman–Crippen LogP) is 4.78. The number of nitrogens with zero attached hydrogens (tertiary/aromatic N) is 2. The summed E-state index contributed by atoms with van der Waals surface area (Å²) in [6, 6.07) is 9.42. The van der Waals surface area contributed by atoms with Crippen LogP contribution in [0.25, 0.3) is 10.8 Å². The number of furan rings is 1. The Labute approximate surface area is 171 Å². The van der Waals surface area contributed by atoms with E-state index in [0.717, 1.165) is 33.7 Å². The zero-order chi connectivity index (χ0) is 17.9. The highest BCUT2D eigenvalue weighted by molar-refractivity contribution is 8.13. The van der Waals surface area contributed by atoms with Crippen molar-refractivity contribution < 1.29 is 13.9 Å². The lowest BCUT2D eigenvalue weighted by Gasteiger charge is -2.18. The number of aromatic nitrogens is 1. The topological polar surface area (TPSA) is 82.9 Å². The van der Waals surface area contributed by atoms with Gasteiger partial charge in [0, 0.05) is 17.2 Å². The van der Waals surface area contributed by atoms with Gasteiger partial charge in [-0.25, -0.2) is 9.98 Å². The summed E-state index contributed by atoms with van der Waals surface area (Å²) < 4.78 is 16.7. The van der Waals surface area contributed by atoms with Gasteiger partial charge in [-0.3, -0.25) is 0 Å². The molecule has 0 radical (unpaired) electrons. The van der Waals surface area contributed by atoms with Crippen molar-refractivity contribution in [1.82, 2.24) is 4.98 Å². The zero-order valence-electron chi connectivity index (χ0n) is 14.5. The number of benzene rings is 1. The first-order valence-electron chi connectivity index (χ1n) is 8.05. The molecule has 0 amide bonds. The Morgan fingerprint density at radius 1 is 1.22 bits per heavy atom. The van der Waals surface area contributed by atoms with Crippen molar-refractivity contribution >= 4 is 46.4 Å². The molecule has 0 atom stereocenters. The Balaban J connectivity index is 0.00000210. The van der Waals surface area contributed by atoms with Crippen molar-refractivity contribution in [3.63, 3.8) is 0 Å². The van der Waals surface area contributed by atoms with Crippen LogP contribution in [0.4, 0.5) is 5.69 Å². The van der Waals surface area contributed by atoms with Gasteiger partial charge < -0.3 is 19.6 Å². The third-order valence-electron chi connectivity index (χ3n) is 3.64. The number of thioether (sulfide) groups is 1. The molecule has 6 nitrogen and oxygen atoms in total. The summed E-state index contributed by atoms with van der Waals surface area (Å²) in [5, 5.41) is 3.36. The Morgan fingerprint density at radius 2 is 2.04 bits per heavy atom. The number of ether oxygens (including phenoxy) is 2. The van der Waals surface area contributed by atoms with E-state index in [-0.39, 0.29) is 12.4 Å². The number of halogens is 1. The number of hydrogen-bond donors (Lipinski definition) is 1. The maximum atomic E-state index is 6.05. The van der Waals surface area contributed by atoms with Crippen LogP contribution in [0.3, 0.4) is 0 Å². The van der Waals surface area contributed by atoms with Gasteiger partial charge in [-0.05, 0) is 31.2 Å². The molecule has 0 aliphatic carbocycles. The Morgan fingerprint density at radius 3 is 2.81 bits per heavy atom. The van der Waals surface area contributed by atoms with E-state index < -0.39 is 0 Å². The number of thiazole rings is 1. The van der Waals surface area contributed by atoms with Crippen LogP contribution >= 0.6 is 35.5 Å². The standard InChI is InChI=1S/C18H17N3O3S2.ClH/c1-11-2-4-15(24-11)17-20-13(9-25-17)10-26-18(19)21-12-3-5-14-16(8-12)23-7-6-22-14;/h2-5,8-9H,6-7,10H2,1H3,(H2,19,21);1H. The minimum atomic E-state index is 0. The van der Waals surface area contributed by atoms with Gasteiger partial charge in [0.1, 0.15) is 19.0 Å². The summed E-state index contributed by atoms with van der Waals surface area (Å²) in [7, 11) is 0. The van der Waals surface area contributed by atoms with E-state index >= 15 is 0 Å². The third kappa shape index (κ3) is 4.77. The van der Waals surface area contributed by atoms with Gasteiger partial charge in [0.2, 0.25) is 0 Å². The van der Waals surface area contributed by atoms with Gasteiger partial charge in [-0.15, -0.1) is 23.7 Å². The first kappa shape index (κ1) is 19.6. The van der Waals surface area contributed by atoms with Crippen molar-refractivity contribution in [3.8, 4) is 22.3 Å². The van der Waals surface area contributed by atoms with Gasteiger partial charge in [-0.2, -0.15) is 0 Å². The fraction of sp³-hybridized carbons (Fsp3) is 0.222. The van der Waals surface area contributed by atoms with Crippen LogP contribution in [-0.4, -0.2) is 23.4 Å². The van der Waals surface area contributed by atoms with Crippen molar-refractivity contribution in [2.45, 2.75) is 12.7 Å². The van der Waals surface area contributed by atoms with E-state index in [4.69, 9.17) is 19.6 Å². The number of aryl methyl sites for hydroxylation is 1. The molecule has 1 aromatic carbocycles. The molecule has 0 unspecified atom stereocenters. The Hall–Kier alpha value is -2.16. The lowest BCUT2D eigenvalue weighted by atomic mass is 10.2. The highest BCUT2D eigenvalue weighted by Crippen LogP contribution is 2.34. The van der Waals surface area contributed by atoms with Gasteiger partial charge in [0.15, 0.2) is 27.4 Å². The molecular formula is C18H18ClN3O3S2. The van der Waals surface area contributed by atoms with Gasteiger partial charge in [0.25, 0.3) is 0 Å². The second kappa shape index (κ2) is 8.69. The lowest BCUT2D eigenvalue weighted by Crippen LogP contribution is -2.15. The molecule has 0 bridgehead atoms. The summed E-state index contributed by atoms with van der Waals surface area (Å²) in [5.41, 5.74) is 7.74. The van der Waals surface area contributed by atoms with Crippen molar-refractivity contribution in [2.75, 3.05) is 13.2 Å². The summed E-state index contributed by atoms with van der Waals surface area (Å²) in [5.74, 6) is 3.76. The molecule has 0 saturated heterocycles. The van der Waals surface area contributed by atoms with Crippen molar-refractivity contribution in [2.24, 2.45) is 10.7 Å². The maximum absolute atomic E-state index is 6.05. The van der Waals surface area contributed by atoms with Crippen LogP contribution in [0.5, 0.6) is 11.5 Å². The van der Waals surface area contributed by atoms with Crippen LogP contribution in [0, 0.1) is 6.92 Å². The molecule has 0 spiro atoms. The molecule has 1 aliphatic rings. The summed E-state index contributed by atoms with van der Waals surface area (Å²) in [6.07, 6.45) is 0. The highest BCUT2D eigenvalue weighted by atomic mass is 35.5. The maximum Gasteiger partial charge on any atom is 0.163 e. The molecule has 9 heteroatoms. The largest absolute Gasteiger partial charge is 0.486 e. The normalized spacial score (nSPS) is 13.3. The van der Waals surface area contributed by atoms with Crippen LogP contribution in [0.2, 0.25) is 0 Å². The van der Waals surface area contributed by atoms with E-state index in [2.05, 4.69) is 9.98 Å². The number of nitrogens with two attached hydrogens (primary N) is 1. The molecular weight excluding hydrogens is 406 g/mol. The third-order valence-corrected chi connectivity index (χ3v) is 5.37. The smallest absolute Gasteiger partial charge is 0.163 e. The lowest BCUT2D eigenvalue weighted by molar-refractivity contribution is 0.171. The molecule has 3 heterocycles. The average Bonchev–Trinajstić information content (AvgIpc) is 3.29. The average molecular weight is 424 g/mol. The van der Waals surface area contributed by atoms with Crippen LogP contribution in [0.15, 0.2) is 45.1 Å². The van der Waals surface area contributed by atoms with Crippen LogP contribution in [-0.2, 0) is 5.75 Å². The minimum absolute atomic E-state index is 0. The minimum Gasteiger partial charge on any atom is -0.486 e. The van der Waals surface area contributed by atoms with Crippen molar-refractivity contribution in [3.05, 3.63) is 47.2 Å². The summed E-state index contributed by atoms with van der Waals surface area (Å²) in [6.45, 7) is 3.04. The molecule has 3 aromatic rings. The Bertz CT molecular complexity index is 955. The quantitative estimate of drug-likeness (QED) is 0.480. The molecule has 2 aromatic heterocycles. The second-order valence-corrected chi connectivity index (χ2v) is 7.47. The van der Waals surface area contributed by atoms with Crippen LogP contribution in [0.1, 0.15) is 11.5 Å². The molecule has 27 heavy (non-hydrogen) atoms. The molecule has 0 saturated carbocycles. The molecule has 4 rings (SSSR count). The number of aliphatic imine (C=N–C) groups is 1.